The summed E-state index contributed by atoms with van der Waals surface area (Å²) in [5.74, 6) is 0.551. The van der Waals surface area contributed by atoms with Crippen LogP contribution in [-0.4, -0.2) is 62.8 Å². The Kier molecular flexibility index (Phi) is 7.96. The lowest BCUT2D eigenvalue weighted by Gasteiger charge is -2.30. The van der Waals surface area contributed by atoms with Crippen LogP contribution in [0.25, 0.3) is 0 Å². The molecule has 0 bridgehead atoms. The number of hydrogen-bond donors (Lipinski definition) is 1. The van der Waals surface area contributed by atoms with Crippen LogP contribution in [0.3, 0.4) is 0 Å². The van der Waals surface area contributed by atoms with E-state index in [1.54, 1.807) is 6.07 Å². The second-order valence-electron chi connectivity index (χ2n) is 8.24. The zero-order valence-electron chi connectivity index (χ0n) is 17.2. The number of rotatable bonds is 7. The standard InChI is InChI=1S/C21H32ClN3O3S/c1-17-8-14-24(15-9-17)11-5-10-23-21(26)18-6-7-19(22)20(16-18)29(27,28)25-12-3-2-4-13-25/h6-7,16-17H,2-5,8-15H2,1H3,(H,23,26). The molecule has 162 valence electrons. The molecule has 1 amide bonds. The van der Waals surface area contributed by atoms with Crippen molar-refractivity contribution in [3.8, 4) is 0 Å². The van der Waals surface area contributed by atoms with Crippen molar-refractivity contribution in [1.29, 1.82) is 0 Å². The fraction of sp³-hybridized carbons (Fsp3) is 0.667. The number of carbonyl (C=O) groups excluding carboxylic acids is 1. The molecule has 6 nitrogen and oxygen atoms in total. The van der Waals surface area contributed by atoms with Crippen LogP contribution in [0.5, 0.6) is 0 Å². The van der Waals surface area contributed by atoms with Gasteiger partial charge in [0.15, 0.2) is 0 Å². The summed E-state index contributed by atoms with van der Waals surface area (Å²) in [6, 6.07) is 4.49. The van der Waals surface area contributed by atoms with Crippen molar-refractivity contribution in [2.24, 2.45) is 5.92 Å². The minimum Gasteiger partial charge on any atom is -0.352 e. The highest BCUT2D eigenvalue weighted by Crippen LogP contribution is 2.28. The Balaban J connectivity index is 1.56. The number of nitrogens with zero attached hydrogens (tertiary/aromatic N) is 2. The summed E-state index contributed by atoms with van der Waals surface area (Å²) in [7, 11) is -3.68. The summed E-state index contributed by atoms with van der Waals surface area (Å²) >= 11 is 6.18. The lowest BCUT2D eigenvalue weighted by Crippen LogP contribution is -2.36. The highest BCUT2D eigenvalue weighted by atomic mass is 35.5. The van der Waals surface area contributed by atoms with E-state index in [2.05, 4.69) is 17.1 Å². The quantitative estimate of drug-likeness (QED) is 0.658. The van der Waals surface area contributed by atoms with Crippen LogP contribution < -0.4 is 5.32 Å². The number of hydrogen-bond acceptors (Lipinski definition) is 4. The maximum Gasteiger partial charge on any atom is 0.251 e. The molecule has 0 atom stereocenters. The Morgan fingerprint density at radius 2 is 1.83 bits per heavy atom. The van der Waals surface area contributed by atoms with Gasteiger partial charge in [-0.1, -0.05) is 24.9 Å². The van der Waals surface area contributed by atoms with Gasteiger partial charge in [0.1, 0.15) is 4.90 Å². The third-order valence-electron chi connectivity index (χ3n) is 5.94. The molecule has 2 fully saturated rings. The first kappa shape index (κ1) is 22.5. The number of benzene rings is 1. The Morgan fingerprint density at radius 3 is 2.52 bits per heavy atom. The molecule has 0 aromatic heterocycles. The van der Waals surface area contributed by atoms with Crippen LogP contribution >= 0.6 is 11.6 Å². The first-order valence-corrected chi connectivity index (χ1v) is 12.5. The van der Waals surface area contributed by atoms with Gasteiger partial charge in [-0.25, -0.2) is 8.42 Å². The molecule has 1 N–H and O–H groups in total. The van der Waals surface area contributed by atoms with Crippen LogP contribution in [0.15, 0.2) is 23.1 Å². The number of likely N-dealkylation sites (tertiary alicyclic amines) is 1. The minimum absolute atomic E-state index is 0.0242. The molecule has 0 saturated carbocycles. The van der Waals surface area contributed by atoms with Gasteiger partial charge in [0.2, 0.25) is 10.0 Å². The summed E-state index contributed by atoms with van der Waals surface area (Å²) in [5, 5.41) is 3.07. The highest BCUT2D eigenvalue weighted by Gasteiger charge is 2.28. The molecule has 0 radical (unpaired) electrons. The Bertz CT molecular complexity index is 801. The van der Waals surface area contributed by atoms with Crippen molar-refractivity contribution in [1.82, 2.24) is 14.5 Å². The second-order valence-corrected chi connectivity index (χ2v) is 10.6. The average molecular weight is 442 g/mol. The monoisotopic (exact) mass is 441 g/mol. The van der Waals surface area contributed by atoms with Crippen molar-refractivity contribution in [3.05, 3.63) is 28.8 Å². The summed E-state index contributed by atoms with van der Waals surface area (Å²) in [6.45, 7) is 7.11. The SMILES string of the molecule is CC1CCN(CCCNC(=O)c2ccc(Cl)c(S(=O)(=O)N3CCCCC3)c2)CC1. The number of carbonyl (C=O) groups is 1. The van der Waals surface area contributed by atoms with Crippen LogP contribution in [0.1, 0.15) is 55.8 Å². The summed E-state index contributed by atoms with van der Waals surface area (Å²) in [6.07, 6.45) is 6.11. The van der Waals surface area contributed by atoms with Gasteiger partial charge in [-0.05, 0) is 75.9 Å². The fourth-order valence-electron chi connectivity index (χ4n) is 3.98. The molecule has 1 aromatic carbocycles. The molecule has 0 spiro atoms. The smallest absolute Gasteiger partial charge is 0.251 e. The van der Waals surface area contributed by atoms with E-state index in [0.29, 0.717) is 25.2 Å². The summed E-state index contributed by atoms with van der Waals surface area (Å²) in [4.78, 5) is 15.0. The predicted molar refractivity (Wildman–Crippen MR) is 116 cm³/mol. The lowest BCUT2D eigenvalue weighted by molar-refractivity contribution is 0.0950. The van der Waals surface area contributed by atoms with Crippen LogP contribution in [0.2, 0.25) is 5.02 Å². The third kappa shape index (κ3) is 5.94. The molecule has 3 rings (SSSR count). The highest BCUT2D eigenvalue weighted by molar-refractivity contribution is 7.89. The molecule has 2 heterocycles. The predicted octanol–water partition coefficient (Wildman–Crippen LogP) is 3.37. The topological polar surface area (TPSA) is 69.7 Å². The normalized spacial score (nSPS) is 19.9. The summed E-state index contributed by atoms with van der Waals surface area (Å²) in [5.41, 5.74) is 0.330. The van der Waals surface area contributed by atoms with E-state index in [1.807, 2.05) is 0 Å². The van der Waals surface area contributed by atoms with Crippen molar-refractivity contribution in [2.45, 2.75) is 50.3 Å². The maximum absolute atomic E-state index is 12.9. The van der Waals surface area contributed by atoms with E-state index in [4.69, 9.17) is 11.6 Å². The van der Waals surface area contributed by atoms with Gasteiger partial charge in [-0.15, -0.1) is 0 Å². The molecule has 0 unspecified atom stereocenters. The number of sulfonamides is 1. The van der Waals surface area contributed by atoms with Crippen molar-refractivity contribution in [3.63, 3.8) is 0 Å². The average Bonchev–Trinajstić information content (AvgIpc) is 2.73. The van der Waals surface area contributed by atoms with Crippen molar-refractivity contribution in [2.75, 3.05) is 39.3 Å². The van der Waals surface area contributed by atoms with Crippen LogP contribution in [0.4, 0.5) is 0 Å². The van der Waals surface area contributed by atoms with Gasteiger partial charge in [-0.3, -0.25) is 4.79 Å². The zero-order chi connectivity index (χ0) is 20.9. The van der Waals surface area contributed by atoms with E-state index >= 15 is 0 Å². The summed E-state index contributed by atoms with van der Waals surface area (Å²) < 4.78 is 27.4. The van der Waals surface area contributed by atoms with E-state index in [9.17, 15) is 13.2 Å². The van der Waals surface area contributed by atoms with E-state index < -0.39 is 10.0 Å². The molecular formula is C21H32ClN3O3S. The molecule has 2 saturated heterocycles. The largest absolute Gasteiger partial charge is 0.352 e. The van der Waals surface area contributed by atoms with Gasteiger partial charge in [-0.2, -0.15) is 4.31 Å². The van der Waals surface area contributed by atoms with Crippen LogP contribution in [0, 0.1) is 5.92 Å². The van der Waals surface area contributed by atoms with Gasteiger partial charge >= 0.3 is 0 Å². The molecule has 2 aliphatic rings. The Labute approximate surface area is 179 Å². The minimum atomic E-state index is -3.68. The fourth-order valence-corrected chi connectivity index (χ4v) is 6.00. The number of halogens is 1. The van der Waals surface area contributed by atoms with E-state index in [0.717, 1.165) is 51.2 Å². The van der Waals surface area contributed by atoms with Gasteiger partial charge in [0.25, 0.3) is 5.91 Å². The molecule has 8 heteroatoms. The molecule has 0 aliphatic carbocycles. The molecule has 1 aromatic rings. The van der Waals surface area contributed by atoms with E-state index in [-0.39, 0.29) is 15.8 Å². The first-order chi connectivity index (χ1) is 13.9. The lowest BCUT2D eigenvalue weighted by atomic mass is 9.99. The van der Waals surface area contributed by atoms with E-state index in [1.165, 1.54) is 29.3 Å². The van der Waals surface area contributed by atoms with Gasteiger partial charge < -0.3 is 10.2 Å². The number of amides is 1. The second kappa shape index (κ2) is 10.2. The van der Waals surface area contributed by atoms with Crippen LogP contribution in [-0.2, 0) is 10.0 Å². The molecule has 29 heavy (non-hydrogen) atoms. The third-order valence-corrected chi connectivity index (χ3v) is 8.32. The molecular weight excluding hydrogens is 410 g/mol. The van der Waals surface area contributed by atoms with Crippen molar-refractivity contribution >= 4 is 27.5 Å². The number of piperidine rings is 2. The van der Waals surface area contributed by atoms with Crippen molar-refractivity contribution < 1.29 is 13.2 Å². The molecule has 2 aliphatic heterocycles. The number of nitrogens with one attached hydrogen (secondary N) is 1. The maximum atomic E-state index is 12.9. The van der Waals surface area contributed by atoms with Gasteiger partial charge in [0.05, 0.1) is 5.02 Å². The van der Waals surface area contributed by atoms with Gasteiger partial charge in [0, 0.05) is 25.2 Å². The first-order valence-electron chi connectivity index (χ1n) is 10.7. The zero-order valence-corrected chi connectivity index (χ0v) is 18.8. The Hall–Kier alpha value is -1.15. The Morgan fingerprint density at radius 1 is 1.14 bits per heavy atom.